The molecule has 0 saturated carbocycles. The fraction of sp³-hybridized carbons (Fsp3) is 0. The largest absolute Gasteiger partial charge is 0.422 e. The Hall–Kier alpha value is -3.81. The number of anilines is 1. The Kier molecular flexibility index (Phi) is 3.17. The number of aromatic nitrogens is 2. The van der Waals surface area contributed by atoms with Crippen molar-refractivity contribution >= 4 is 33.4 Å². The number of hydrogen-bond donors (Lipinski definition) is 1. The van der Waals surface area contributed by atoms with Gasteiger partial charge in [0.05, 0.1) is 15.9 Å². The standard InChI is InChI=1S/C17H10N4O4/c18-15-13-14(11-6-1-2-7-12(11)25-17(13)22)19-16(20-15)9-4-3-5-10(8-9)21(23)24/h1-8H,(H2,18,19,20)/p+1. The molecule has 0 radical (unpaired) electrons. The van der Waals surface area contributed by atoms with Gasteiger partial charge in [0.15, 0.2) is 10.9 Å². The molecule has 4 rings (SSSR count). The third kappa shape index (κ3) is 2.36. The van der Waals surface area contributed by atoms with Gasteiger partial charge in [0, 0.05) is 12.1 Å². The monoisotopic (exact) mass is 335 g/mol. The predicted octanol–water partition coefficient (Wildman–Crippen LogP) is 2.31. The molecule has 3 N–H and O–H groups in total. The van der Waals surface area contributed by atoms with Crippen molar-refractivity contribution in [3.05, 3.63) is 69.1 Å². The van der Waals surface area contributed by atoms with Crippen LogP contribution >= 0.6 is 0 Å². The fourth-order valence-corrected chi connectivity index (χ4v) is 2.72. The second-order valence-electron chi connectivity index (χ2n) is 5.42. The van der Waals surface area contributed by atoms with E-state index in [4.69, 9.17) is 10.2 Å². The van der Waals surface area contributed by atoms with Gasteiger partial charge in [-0.05, 0) is 18.2 Å². The molecule has 0 spiro atoms. The SMILES string of the molecule is Nc1[nH+]c(-c2cccc([N+](=O)[O-])c2)nc2c1c(=O)oc1ccccc12. The van der Waals surface area contributed by atoms with Gasteiger partial charge in [0.2, 0.25) is 5.82 Å². The third-order valence-corrected chi connectivity index (χ3v) is 3.86. The van der Waals surface area contributed by atoms with Gasteiger partial charge in [-0.25, -0.2) is 9.78 Å². The summed E-state index contributed by atoms with van der Waals surface area (Å²) in [6.07, 6.45) is 0. The third-order valence-electron chi connectivity index (χ3n) is 3.86. The first kappa shape index (κ1) is 14.8. The molecular formula is C17H11N4O4+. The zero-order valence-corrected chi connectivity index (χ0v) is 12.7. The van der Waals surface area contributed by atoms with Crippen molar-refractivity contribution in [1.82, 2.24) is 4.98 Å². The molecule has 8 heteroatoms. The van der Waals surface area contributed by atoms with Crippen LogP contribution in [-0.2, 0) is 0 Å². The number of hydrogen-bond acceptors (Lipinski definition) is 6. The molecule has 25 heavy (non-hydrogen) atoms. The molecular weight excluding hydrogens is 324 g/mol. The maximum atomic E-state index is 12.2. The van der Waals surface area contributed by atoms with E-state index in [2.05, 4.69) is 9.97 Å². The molecule has 2 heterocycles. The average Bonchev–Trinajstić information content (AvgIpc) is 2.61. The minimum atomic E-state index is -0.597. The number of rotatable bonds is 2. The van der Waals surface area contributed by atoms with Crippen molar-refractivity contribution in [2.24, 2.45) is 0 Å². The maximum Gasteiger partial charge on any atom is 0.354 e. The van der Waals surface area contributed by atoms with E-state index in [9.17, 15) is 14.9 Å². The van der Waals surface area contributed by atoms with Crippen LogP contribution in [0.3, 0.4) is 0 Å². The summed E-state index contributed by atoms with van der Waals surface area (Å²) in [6, 6.07) is 13.0. The van der Waals surface area contributed by atoms with Crippen LogP contribution in [0.5, 0.6) is 0 Å². The van der Waals surface area contributed by atoms with E-state index in [1.165, 1.54) is 12.1 Å². The van der Waals surface area contributed by atoms with Crippen LogP contribution in [-0.4, -0.2) is 9.91 Å². The molecule has 0 bridgehead atoms. The van der Waals surface area contributed by atoms with Crippen LogP contribution in [0.15, 0.2) is 57.7 Å². The lowest BCUT2D eigenvalue weighted by molar-refractivity contribution is -0.385. The van der Waals surface area contributed by atoms with E-state index in [1.807, 2.05) is 0 Å². The number of nitrogen functional groups attached to an aromatic ring is 1. The van der Waals surface area contributed by atoms with Gasteiger partial charge in [-0.2, -0.15) is 0 Å². The second-order valence-corrected chi connectivity index (χ2v) is 5.42. The molecule has 4 aromatic rings. The maximum absolute atomic E-state index is 12.2. The number of nitrogens with two attached hydrogens (primary N) is 1. The summed E-state index contributed by atoms with van der Waals surface area (Å²) in [5.74, 6) is 0.412. The summed E-state index contributed by atoms with van der Waals surface area (Å²) < 4.78 is 5.27. The van der Waals surface area contributed by atoms with Gasteiger partial charge in [0.1, 0.15) is 5.58 Å². The van der Waals surface area contributed by atoms with E-state index < -0.39 is 10.5 Å². The van der Waals surface area contributed by atoms with Crippen LogP contribution in [0.1, 0.15) is 0 Å². The number of para-hydroxylation sites is 1. The smallest absolute Gasteiger partial charge is 0.354 e. The molecule has 0 saturated heterocycles. The number of nitrogens with zero attached hydrogens (tertiary/aromatic N) is 2. The topological polar surface area (TPSA) is 126 Å². The zero-order valence-electron chi connectivity index (χ0n) is 12.7. The summed E-state index contributed by atoms with van der Waals surface area (Å²) in [5.41, 5.74) is 6.59. The predicted molar refractivity (Wildman–Crippen MR) is 90.8 cm³/mol. The van der Waals surface area contributed by atoms with Gasteiger partial charge in [-0.1, -0.05) is 18.2 Å². The van der Waals surface area contributed by atoms with E-state index >= 15 is 0 Å². The van der Waals surface area contributed by atoms with Crippen molar-refractivity contribution in [3.8, 4) is 11.4 Å². The van der Waals surface area contributed by atoms with Gasteiger partial charge < -0.3 is 10.2 Å². The highest BCUT2D eigenvalue weighted by molar-refractivity contribution is 6.04. The number of H-pyrrole nitrogens is 1. The lowest BCUT2D eigenvalue weighted by atomic mass is 10.1. The van der Waals surface area contributed by atoms with Crippen molar-refractivity contribution in [2.45, 2.75) is 0 Å². The Morgan fingerprint density at radius 1 is 1.16 bits per heavy atom. The van der Waals surface area contributed by atoms with E-state index in [-0.39, 0.29) is 16.9 Å². The Labute approximate surface area is 139 Å². The lowest BCUT2D eigenvalue weighted by Gasteiger charge is -2.02. The fourth-order valence-electron chi connectivity index (χ4n) is 2.72. The Bertz CT molecular complexity index is 1220. The first-order valence-electron chi connectivity index (χ1n) is 7.34. The van der Waals surface area contributed by atoms with Crippen molar-refractivity contribution in [3.63, 3.8) is 0 Å². The first-order valence-corrected chi connectivity index (χ1v) is 7.34. The minimum Gasteiger partial charge on any atom is -0.422 e. The molecule has 0 aliphatic carbocycles. The summed E-state index contributed by atoms with van der Waals surface area (Å²) in [5, 5.41) is 11.8. The van der Waals surface area contributed by atoms with Crippen molar-refractivity contribution < 1.29 is 14.3 Å². The van der Waals surface area contributed by atoms with Crippen molar-refractivity contribution in [1.29, 1.82) is 0 Å². The Balaban J connectivity index is 2.07. The van der Waals surface area contributed by atoms with Gasteiger partial charge in [-0.3, -0.25) is 10.1 Å². The van der Waals surface area contributed by atoms with Crippen LogP contribution < -0.4 is 16.3 Å². The van der Waals surface area contributed by atoms with E-state index in [1.54, 1.807) is 36.4 Å². The van der Waals surface area contributed by atoms with Crippen LogP contribution in [0, 0.1) is 10.1 Å². The summed E-state index contributed by atoms with van der Waals surface area (Å²) in [7, 11) is 0. The quantitative estimate of drug-likeness (QED) is 0.259. The molecule has 0 amide bonds. The molecule has 0 fully saturated rings. The second kappa shape index (κ2) is 5.38. The highest BCUT2D eigenvalue weighted by Crippen LogP contribution is 2.26. The summed E-state index contributed by atoms with van der Waals surface area (Å²) >= 11 is 0. The van der Waals surface area contributed by atoms with Gasteiger partial charge in [-0.15, -0.1) is 4.98 Å². The number of nitro benzene ring substituents is 1. The normalized spacial score (nSPS) is 11.0. The molecule has 8 nitrogen and oxygen atoms in total. The number of aromatic amines is 1. The summed E-state index contributed by atoms with van der Waals surface area (Å²) in [6.45, 7) is 0. The van der Waals surface area contributed by atoms with Gasteiger partial charge in [0.25, 0.3) is 11.5 Å². The Morgan fingerprint density at radius 2 is 1.96 bits per heavy atom. The molecule has 2 aromatic heterocycles. The lowest BCUT2D eigenvalue weighted by Crippen LogP contribution is -2.19. The van der Waals surface area contributed by atoms with E-state index in [0.29, 0.717) is 27.9 Å². The van der Waals surface area contributed by atoms with Crippen molar-refractivity contribution in [2.75, 3.05) is 5.73 Å². The molecule has 0 unspecified atom stereocenters. The van der Waals surface area contributed by atoms with Crippen LogP contribution in [0.2, 0.25) is 0 Å². The van der Waals surface area contributed by atoms with E-state index in [0.717, 1.165) is 0 Å². The molecule has 0 atom stereocenters. The molecule has 2 aromatic carbocycles. The highest BCUT2D eigenvalue weighted by atomic mass is 16.6. The zero-order chi connectivity index (χ0) is 17.6. The number of non-ortho nitro benzene ring substituents is 1. The Morgan fingerprint density at radius 3 is 2.76 bits per heavy atom. The first-order chi connectivity index (χ1) is 12.0. The minimum absolute atomic E-state index is 0.0659. The van der Waals surface area contributed by atoms with Gasteiger partial charge >= 0.3 is 5.63 Å². The van der Waals surface area contributed by atoms with Crippen LogP contribution in [0.4, 0.5) is 11.5 Å². The number of benzene rings is 2. The molecule has 0 aliphatic rings. The molecule has 122 valence electrons. The van der Waals surface area contributed by atoms with Crippen LogP contribution in [0.25, 0.3) is 33.3 Å². The molecule has 0 aliphatic heterocycles. The average molecular weight is 335 g/mol. The summed E-state index contributed by atoms with van der Waals surface area (Å²) in [4.78, 5) is 30.0. The highest BCUT2D eigenvalue weighted by Gasteiger charge is 2.21. The number of nitro groups is 1. The number of nitrogens with one attached hydrogen (secondary N) is 1. The number of fused-ring (bicyclic) bond motifs is 3.